The normalized spacial score (nSPS) is 11.4. The van der Waals surface area contributed by atoms with E-state index in [1.807, 2.05) is 0 Å². The molecule has 2 rings (SSSR count). The monoisotopic (exact) mass is 379 g/mol. The number of para-hydroxylation sites is 1. The standard InChI is InChI=1S/C19H22FNO4S/c1-14(2)26(23,24)16-10-8-15(9-11-16)19(22)21(3)12-13-25-18-7-5-4-6-17(18)20/h4-11,14H,12-13H2,1-3H3. The highest BCUT2D eigenvalue weighted by Gasteiger charge is 2.20. The van der Waals surface area contributed by atoms with Gasteiger partial charge in [0.1, 0.15) is 6.61 Å². The molecule has 0 saturated heterocycles. The van der Waals surface area contributed by atoms with Crippen LogP contribution in [-0.4, -0.2) is 44.7 Å². The van der Waals surface area contributed by atoms with Crippen LogP contribution in [0.3, 0.4) is 0 Å². The Morgan fingerprint density at radius 3 is 2.31 bits per heavy atom. The fraction of sp³-hybridized carbons (Fsp3) is 0.316. The Bertz CT molecular complexity index is 863. The highest BCUT2D eigenvalue weighted by Crippen LogP contribution is 2.18. The molecule has 0 aliphatic heterocycles. The molecule has 0 aliphatic carbocycles. The first-order valence-electron chi connectivity index (χ1n) is 8.20. The number of ether oxygens (including phenoxy) is 1. The largest absolute Gasteiger partial charge is 0.489 e. The Kier molecular flexibility index (Phi) is 6.37. The number of likely N-dealkylation sites (N-methyl/N-ethyl adjacent to an activating group) is 1. The van der Waals surface area contributed by atoms with Gasteiger partial charge in [0, 0.05) is 12.6 Å². The van der Waals surface area contributed by atoms with Gasteiger partial charge in [-0.1, -0.05) is 12.1 Å². The van der Waals surface area contributed by atoms with E-state index in [-0.39, 0.29) is 29.7 Å². The van der Waals surface area contributed by atoms with Gasteiger partial charge in [-0.3, -0.25) is 4.79 Å². The van der Waals surface area contributed by atoms with Crippen LogP contribution in [0.25, 0.3) is 0 Å². The van der Waals surface area contributed by atoms with E-state index in [4.69, 9.17) is 4.74 Å². The lowest BCUT2D eigenvalue weighted by Crippen LogP contribution is -2.31. The second-order valence-corrected chi connectivity index (χ2v) is 8.63. The highest BCUT2D eigenvalue weighted by atomic mass is 32.2. The molecule has 0 heterocycles. The highest BCUT2D eigenvalue weighted by molar-refractivity contribution is 7.92. The molecule has 2 aromatic rings. The van der Waals surface area contributed by atoms with Crippen molar-refractivity contribution in [2.75, 3.05) is 20.2 Å². The number of sulfone groups is 1. The van der Waals surface area contributed by atoms with E-state index in [0.29, 0.717) is 5.56 Å². The molecule has 0 fully saturated rings. The number of benzene rings is 2. The summed E-state index contributed by atoms with van der Waals surface area (Å²) in [6, 6.07) is 11.9. The molecule has 0 atom stereocenters. The number of carbonyl (C=O) groups is 1. The maximum absolute atomic E-state index is 13.5. The fourth-order valence-electron chi connectivity index (χ4n) is 2.24. The van der Waals surface area contributed by atoms with Gasteiger partial charge in [-0.2, -0.15) is 0 Å². The van der Waals surface area contributed by atoms with E-state index < -0.39 is 20.9 Å². The summed E-state index contributed by atoms with van der Waals surface area (Å²) >= 11 is 0. The second-order valence-electron chi connectivity index (χ2n) is 6.12. The zero-order chi connectivity index (χ0) is 19.3. The predicted molar refractivity (Wildman–Crippen MR) is 97.6 cm³/mol. The molecule has 7 heteroatoms. The van der Waals surface area contributed by atoms with E-state index in [0.717, 1.165) is 0 Å². The van der Waals surface area contributed by atoms with Gasteiger partial charge in [-0.05, 0) is 50.2 Å². The first-order chi connectivity index (χ1) is 12.2. The Morgan fingerprint density at radius 1 is 1.12 bits per heavy atom. The number of rotatable bonds is 7. The van der Waals surface area contributed by atoms with Crippen LogP contribution >= 0.6 is 0 Å². The Balaban J connectivity index is 1.97. The first-order valence-corrected chi connectivity index (χ1v) is 9.75. The first kappa shape index (κ1) is 19.9. The third-order valence-electron chi connectivity index (χ3n) is 3.92. The molecular formula is C19H22FNO4S. The lowest BCUT2D eigenvalue weighted by Gasteiger charge is -2.18. The molecule has 0 unspecified atom stereocenters. The van der Waals surface area contributed by atoms with Crippen LogP contribution < -0.4 is 4.74 Å². The topological polar surface area (TPSA) is 63.7 Å². The van der Waals surface area contributed by atoms with Crippen molar-refractivity contribution in [3.8, 4) is 5.75 Å². The van der Waals surface area contributed by atoms with Crippen LogP contribution in [0, 0.1) is 5.82 Å². The zero-order valence-electron chi connectivity index (χ0n) is 15.0. The minimum Gasteiger partial charge on any atom is -0.489 e. The van der Waals surface area contributed by atoms with Gasteiger partial charge >= 0.3 is 0 Å². The molecule has 2 aromatic carbocycles. The molecule has 1 amide bonds. The van der Waals surface area contributed by atoms with Gasteiger partial charge in [0.05, 0.1) is 16.7 Å². The van der Waals surface area contributed by atoms with Crippen LogP contribution in [0.4, 0.5) is 4.39 Å². The van der Waals surface area contributed by atoms with Crippen LogP contribution in [0.15, 0.2) is 53.4 Å². The minimum absolute atomic E-state index is 0.136. The third kappa shape index (κ3) is 4.60. The number of carbonyl (C=O) groups excluding carboxylic acids is 1. The lowest BCUT2D eigenvalue weighted by molar-refractivity contribution is 0.0773. The van der Waals surface area contributed by atoms with Crippen LogP contribution in [-0.2, 0) is 9.84 Å². The van der Waals surface area contributed by atoms with Gasteiger partial charge in [0.25, 0.3) is 5.91 Å². The summed E-state index contributed by atoms with van der Waals surface area (Å²) in [4.78, 5) is 14.0. The molecule has 26 heavy (non-hydrogen) atoms. The molecule has 0 spiro atoms. The van der Waals surface area contributed by atoms with Crippen molar-refractivity contribution >= 4 is 15.7 Å². The van der Waals surface area contributed by atoms with Gasteiger partial charge in [-0.15, -0.1) is 0 Å². The summed E-state index contributed by atoms with van der Waals surface area (Å²) < 4.78 is 43.0. The maximum atomic E-state index is 13.5. The van der Waals surface area contributed by atoms with E-state index in [1.165, 1.54) is 41.3 Å². The quantitative estimate of drug-likeness (QED) is 0.741. The van der Waals surface area contributed by atoms with Crippen molar-refractivity contribution in [3.63, 3.8) is 0 Å². The smallest absolute Gasteiger partial charge is 0.253 e. The molecule has 0 aromatic heterocycles. The molecule has 0 aliphatic rings. The SMILES string of the molecule is CC(C)S(=O)(=O)c1ccc(C(=O)N(C)CCOc2ccccc2F)cc1. The number of hydrogen-bond acceptors (Lipinski definition) is 4. The summed E-state index contributed by atoms with van der Waals surface area (Å²) in [5.74, 6) is -0.587. The average Bonchev–Trinajstić information content (AvgIpc) is 2.62. The maximum Gasteiger partial charge on any atom is 0.253 e. The average molecular weight is 379 g/mol. The van der Waals surface area contributed by atoms with Gasteiger partial charge < -0.3 is 9.64 Å². The van der Waals surface area contributed by atoms with Crippen molar-refractivity contribution in [1.29, 1.82) is 0 Å². The van der Waals surface area contributed by atoms with Crippen molar-refractivity contribution < 1.29 is 22.3 Å². The second kappa shape index (κ2) is 8.31. The fourth-order valence-corrected chi connectivity index (χ4v) is 3.30. The molecule has 5 nitrogen and oxygen atoms in total. The molecule has 0 saturated carbocycles. The molecule has 0 bridgehead atoms. The Hall–Kier alpha value is -2.41. The summed E-state index contributed by atoms with van der Waals surface area (Å²) in [7, 11) is -1.77. The summed E-state index contributed by atoms with van der Waals surface area (Å²) in [6.45, 7) is 3.62. The molecule has 0 N–H and O–H groups in total. The summed E-state index contributed by atoms with van der Waals surface area (Å²) in [5, 5.41) is -0.526. The van der Waals surface area contributed by atoms with Gasteiger partial charge in [0.15, 0.2) is 21.4 Å². The Labute approximate surface area is 153 Å². The lowest BCUT2D eigenvalue weighted by atomic mass is 10.2. The summed E-state index contributed by atoms with van der Waals surface area (Å²) in [6.07, 6.45) is 0. The van der Waals surface area contributed by atoms with E-state index in [1.54, 1.807) is 33.0 Å². The van der Waals surface area contributed by atoms with E-state index in [9.17, 15) is 17.6 Å². The predicted octanol–water partition coefficient (Wildman–Crippen LogP) is 3.16. The number of hydrogen-bond donors (Lipinski definition) is 0. The number of amides is 1. The zero-order valence-corrected chi connectivity index (χ0v) is 15.8. The van der Waals surface area contributed by atoms with Crippen molar-refractivity contribution in [2.45, 2.75) is 24.0 Å². The molecular weight excluding hydrogens is 357 g/mol. The van der Waals surface area contributed by atoms with Crippen LogP contribution in [0.2, 0.25) is 0 Å². The minimum atomic E-state index is -3.37. The van der Waals surface area contributed by atoms with Crippen molar-refractivity contribution in [1.82, 2.24) is 4.90 Å². The van der Waals surface area contributed by atoms with E-state index in [2.05, 4.69) is 0 Å². The van der Waals surface area contributed by atoms with E-state index >= 15 is 0 Å². The van der Waals surface area contributed by atoms with Gasteiger partial charge in [-0.25, -0.2) is 12.8 Å². The summed E-state index contributed by atoms with van der Waals surface area (Å²) in [5.41, 5.74) is 0.376. The van der Waals surface area contributed by atoms with Crippen molar-refractivity contribution in [2.24, 2.45) is 0 Å². The van der Waals surface area contributed by atoms with Crippen LogP contribution in [0.1, 0.15) is 24.2 Å². The number of nitrogens with zero attached hydrogens (tertiary/aromatic N) is 1. The van der Waals surface area contributed by atoms with Crippen LogP contribution in [0.5, 0.6) is 5.75 Å². The van der Waals surface area contributed by atoms with Crippen molar-refractivity contribution in [3.05, 3.63) is 59.9 Å². The number of halogens is 1. The van der Waals surface area contributed by atoms with Gasteiger partial charge in [0.2, 0.25) is 0 Å². The third-order valence-corrected chi connectivity index (χ3v) is 6.09. The molecule has 140 valence electrons. The molecule has 0 radical (unpaired) electrons. The Morgan fingerprint density at radius 2 is 1.73 bits per heavy atom.